The Bertz CT molecular complexity index is 673. The molecule has 136 valence electrons. The zero-order valence-corrected chi connectivity index (χ0v) is 15.7. The first kappa shape index (κ1) is 19.3. The smallest absolute Gasteiger partial charge is 0.243 e. The summed E-state index contributed by atoms with van der Waals surface area (Å²) in [6, 6.07) is 3.34. The van der Waals surface area contributed by atoms with Gasteiger partial charge in [0.15, 0.2) is 11.5 Å². The van der Waals surface area contributed by atoms with Crippen LogP contribution >= 0.6 is 12.4 Å². The molecule has 2 aliphatic heterocycles. The number of piperidine rings is 1. The number of sulfonamides is 1. The van der Waals surface area contributed by atoms with Crippen molar-refractivity contribution in [1.82, 2.24) is 9.62 Å². The van der Waals surface area contributed by atoms with Crippen LogP contribution in [0.3, 0.4) is 0 Å². The maximum atomic E-state index is 12.9. The van der Waals surface area contributed by atoms with Crippen molar-refractivity contribution in [3.05, 3.63) is 17.7 Å². The van der Waals surface area contributed by atoms with E-state index in [4.69, 9.17) is 9.47 Å². The lowest BCUT2D eigenvalue weighted by atomic mass is 9.95. The highest BCUT2D eigenvalue weighted by Gasteiger charge is 2.31. The highest BCUT2D eigenvalue weighted by molar-refractivity contribution is 7.89. The monoisotopic (exact) mass is 376 g/mol. The minimum atomic E-state index is -3.48. The number of nitrogens with one attached hydrogen (secondary N) is 1. The number of halogens is 1. The highest BCUT2D eigenvalue weighted by atomic mass is 35.5. The lowest BCUT2D eigenvalue weighted by Crippen LogP contribution is -2.39. The number of hydrogen-bond donors (Lipinski definition) is 1. The second-order valence-electron chi connectivity index (χ2n) is 6.21. The van der Waals surface area contributed by atoms with E-state index >= 15 is 0 Å². The third-order valence-electron chi connectivity index (χ3n) is 4.66. The molecule has 6 nitrogen and oxygen atoms in total. The molecule has 3 rings (SSSR count). The van der Waals surface area contributed by atoms with E-state index in [1.54, 1.807) is 23.4 Å². The average Bonchev–Trinajstić information content (AvgIpc) is 2.99. The lowest BCUT2D eigenvalue weighted by Gasteiger charge is -2.31. The fraction of sp³-hybridized carbons (Fsp3) is 0.625. The first-order chi connectivity index (χ1) is 11.0. The van der Waals surface area contributed by atoms with Crippen molar-refractivity contribution in [2.75, 3.05) is 33.5 Å². The molecule has 1 aromatic rings. The van der Waals surface area contributed by atoms with Crippen LogP contribution in [-0.4, -0.2) is 46.2 Å². The number of ether oxygens (including phenoxy) is 2. The Balaban J connectivity index is 0.00000208. The Morgan fingerprint density at radius 3 is 2.46 bits per heavy atom. The number of benzene rings is 1. The summed E-state index contributed by atoms with van der Waals surface area (Å²) in [5, 5.41) is 3.16. The summed E-state index contributed by atoms with van der Waals surface area (Å²) in [4.78, 5) is 0.329. The minimum absolute atomic E-state index is 0. The fourth-order valence-electron chi connectivity index (χ4n) is 3.23. The molecule has 2 aliphatic rings. The second kappa shape index (κ2) is 7.91. The Kier molecular flexibility index (Phi) is 6.36. The molecule has 8 heteroatoms. The van der Waals surface area contributed by atoms with Crippen molar-refractivity contribution in [1.29, 1.82) is 0 Å². The van der Waals surface area contributed by atoms with Crippen LogP contribution in [0.1, 0.15) is 24.8 Å². The summed E-state index contributed by atoms with van der Waals surface area (Å²) in [7, 11) is -1.53. The van der Waals surface area contributed by atoms with Crippen LogP contribution in [-0.2, 0) is 10.0 Å². The number of aryl methyl sites for hydroxylation is 1. The van der Waals surface area contributed by atoms with E-state index in [2.05, 4.69) is 5.32 Å². The summed E-state index contributed by atoms with van der Waals surface area (Å²) < 4.78 is 38.1. The maximum absolute atomic E-state index is 12.9. The number of rotatable bonds is 5. The summed E-state index contributed by atoms with van der Waals surface area (Å²) in [5.41, 5.74) is 0.701. The first-order valence-corrected chi connectivity index (χ1v) is 9.51. The van der Waals surface area contributed by atoms with Crippen molar-refractivity contribution in [2.24, 2.45) is 5.92 Å². The molecule has 0 unspecified atom stereocenters. The SMILES string of the molecule is CNCCC1CCN(S(=O)(=O)c2cc3c(cc2C)OCO3)CC1.Cl. The van der Waals surface area contributed by atoms with Gasteiger partial charge in [-0.05, 0) is 57.3 Å². The third-order valence-corrected chi connectivity index (χ3v) is 6.70. The molecule has 0 saturated carbocycles. The van der Waals surface area contributed by atoms with Crippen LogP contribution < -0.4 is 14.8 Å². The summed E-state index contributed by atoms with van der Waals surface area (Å²) in [6.07, 6.45) is 2.95. The molecule has 0 atom stereocenters. The summed E-state index contributed by atoms with van der Waals surface area (Å²) >= 11 is 0. The number of hydrogen-bond acceptors (Lipinski definition) is 5. The molecule has 1 saturated heterocycles. The fourth-order valence-corrected chi connectivity index (χ4v) is 4.92. The molecular formula is C16H25ClN2O4S. The quantitative estimate of drug-likeness (QED) is 0.852. The molecular weight excluding hydrogens is 352 g/mol. The largest absolute Gasteiger partial charge is 0.454 e. The molecule has 0 radical (unpaired) electrons. The van der Waals surface area contributed by atoms with Gasteiger partial charge in [-0.1, -0.05) is 0 Å². The first-order valence-electron chi connectivity index (χ1n) is 8.07. The molecule has 1 aromatic carbocycles. The molecule has 0 aromatic heterocycles. The summed E-state index contributed by atoms with van der Waals surface area (Å²) in [5.74, 6) is 1.73. The van der Waals surface area contributed by atoms with Gasteiger partial charge in [0.2, 0.25) is 16.8 Å². The Morgan fingerprint density at radius 1 is 1.21 bits per heavy atom. The van der Waals surface area contributed by atoms with E-state index in [-0.39, 0.29) is 19.2 Å². The van der Waals surface area contributed by atoms with Crippen molar-refractivity contribution in [3.63, 3.8) is 0 Å². The molecule has 0 spiro atoms. The van der Waals surface area contributed by atoms with Gasteiger partial charge in [0.1, 0.15) is 0 Å². The van der Waals surface area contributed by atoms with Gasteiger partial charge in [-0.3, -0.25) is 0 Å². The average molecular weight is 377 g/mol. The van der Waals surface area contributed by atoms with E-state index in [0.29, 0.717) is 41.0 Å². The predicted octanol–water partition coefficient (Wildman–Crippen LogP) is 2.16. The van der Waals surface area contributed by atoms with Gasteiger partial charge < -0.3 is 14.8 Å². The summed E-state index contributed by atoms with van der Waals surface area (Å²) in [6.45, 7) is 4.11. The second-order valence-corrected chi connectivity index (χ2v) is 8.12. The van der Waals surface area contributed by atoms with Gasteiger partial charge in [0.05, 0.1) is 4.90 Å². The topological polar surface area (TPSA) is 67.9 Å². The van der Waals surface area contributed by atoms with Gasteiger partial charge in [-0.15, -0.1) is 12.4 Å². The Hall–Kier alpha value is -1.02. The molecule has 0 bridgehead atoms. The van der Waals surface area contributed by atoms with Gasteiger partial charge >= 0.3 is 0 Å². The number of nitrogens with zero attached hydrogens (tertiary/aromatic N) is 1. The molecule has 24 heavy (non-hydrogen) atoms. The minimum Gasteiger partial charge on any atom is -0.454 e. The van der Waals surface area contributed by atoms with Crippen molar-refractivity contribution >= 4 is 22.4 Å². The third kappa shape index (κ3) is 3.79. The Morgan fingerprint density at radius 2 is 1.83 bits per heavy atom. The normalized spacial score (nSPS) is 18.4. The zero-order valence-electron chi connectivity index (χ0n) is 14.1. The molecule has 2 heterocycles. The highest BCUT2D eigenvalue weighted by Crippen LogP contribution is 2.37. The standard InChI is InChI=1S/C16H24N2O4S.ClH/c1-12-9-14-15(22-11-21-14)10-16(12)23(19,20)18-7-4-13(5-8-18)3-6-17-2;/h9-10,13,17H,3-8,11H2,1-2H3;1H. The van der Waals surface area contributed by atoms with Crippen molar-refractivity contribution in [2.45, 2.75) is 31.1 Å². The molecule has 0 amide bonds. The van der Waals surface area contributed by atoms with Crippen LogP contribution in [0.15, 0.2) is 17.0 Å². The van der Waals surface area contributed by atoms with E-state index in [9.17, 15) is 8.42 Å². The number of fused-ring (bicyclic) bond motifs is 1. The van der Waals surface area contributed by atoms with Gasteiger partial charge in [-0.2, -0.15) is 4.31 Å². The van der Waals surface area contributed by atoms with Gasteiger partial charge in [0, 0.05) is 19.2 Å². The molecule has 1 fully saturated rings. The molecule has 1 N–H and O–H groups in total. The van der Waals surface area contributed by atoms with Crippen LogP contribution in [0.4, 0.5) is 0 Å². The van der Waals surface area contributed by atoms with Gasteiger partial charge in [0.25, 0.3) is 0 Å². The Labute approximate surface area is 150 Å². The lowest BCUT2D eigenvalue weighted by molar-refractivity contribution is 0.174. The van der Waals surface area contributed by atoms with Crippen molar-refractivity contribution < 1.29 is 17.9 Å². The zero-order chi connectivity index (χ0) is 16.4. The van der Waals surface area contributed by atoms with E-state index in [1.807, 2.05) is 7.05 Å². The predicted molar refractivity (Wildman–Crippen MR) is 94.6 cm³/mol. The van der Waals surface area contributed by atoms with Crippen molar-refractivity contribution in [3.8, 4) is 11.5 Å². The molecule has 0 aliphatic carbocycles. The van der Waals surface area contributed by atoms with Crippen LogP contribution in [0.5, 0.6) is 11.5 Å². The van der Waals surface area contributed by atoms with Crippen LogP contribution in [0, 0.1) is 12.8 Å². The van der Waals surface area contributed by atoms with Crippen LogP contribution in [0.25, 0.3) is 0 Å². The van der Waals surface area contributed by atoms with E-state index < -0.39 is 10.0 Å². The van der Waals surface area contributed by atoms with E-state index in [1.165, 1.54) is 0 Å². The van der Waals surface area contributed by atoms with E-state index in [0.717, 1.165) is 25.8 Å². The maximum Gasteiger partial charge on any atom is 0.243 e. The van der Waals surface area contributed by atoms with Gasteiger partial charge in [-0.25, -0.2) is 8.42 Å². The van der Waals surface area contributed by atoms with Crippen LogP contribution in [0.2, 0.25) is 0 Å².